The van der Waals surface area contributed by atoms with Crippen molar-refractivity contribution in [3.8, 4) is 0 Å². The van der Waals surface area contributed by atoms with Crippen molar-refractivity contribution >= 4 is 5.91 Å². The highest BCUT2D eigenvalue weighted by atomic mass is 16.1. The molecular weight excluding hydrogens is 306 g/mol. The summed E-state index contributed by atoms with van der Waals surface area (Å²) in [6.45, 7) is 1.40. The molecule has 0 bridgehead atoms. The van der Waals surface area contributed by atoms with Gasteiger partial charge in [-0.05, 0) is 30.4 Å². The summed E-state index contributed by atoms with van der Waals surface area (Å²) in [5.41, 5.74) is 15.6. The van der Waals surface area contributed by atoms with Gasteiger partial charge in [0.05, 0.1) is 17.5 Å². The van der Waals surface area contributed by atoms with Gasteiger partial charge in [-0.2, -0.15) is 16.2 Å². The van der Waals surface area contributed by atoms with E-state index in [0.717, 1.165) is 42.6 Å². The van der Waals surface area contributed by atoms with Crippen LogP contribution in [0.4, 0.5) is 0 Å². The van der Waals surface area contributed by atoms with Crippen LogP contribution in [-0.4, -0.2) is 15.7 Å². The number of amides is 1. The number of nitrogens with one attached hydrogen (secondary N) is 5. The van der Waals surface area contributed by atoms with Crippen molar-refractivity contribution in [1.82, 2.24) is 37.0 Å². The van der Waals surface area contributed by atoms with Gasteiger partial charge >= 0.3 is 0 Å². The predicted molar refractivity (Wildman–Crippen MR) is 88.1 cm³/mol. The molecule has 2 aromatic rings. The Morgan fingerprint density at radius 3 is 3.04 bits per heavy atom. The van der Waals surface area contributed by atoms with Gasteiger partial charge in [0.1, 0.15) is 6.17 Å². The number of rotatable bonds is 4. The van der Waals surface area contributed by atoms with Crippen LogP contribution in [0.25, 0.3) is 0 Å². The van der Waals surface area contributed by atoms with Crippen molar-refractivity contribution in [1.29, 1.82) is 0 Å². The van der Waals surface area contributed by atoms with Crippen LogP contribution in [0, 0.1) is 0 Å². The largest absolute Gasteiger partial charge is 0.348 e. The van der Waals surface area contributed by atoms with Gasteiger partial charge in [0.15, 0.2) is 0 Å². The second-order valence-electron chi connectivity index (χ2n) is 6.08. The van der Waals surface area contributed by atoms with E-state index in [1.54, 1.807) is 6.20 Å². The van der Waals surface area contributed by atoms with E-state index in [2.05, 4.69) is 38.4 Å². The Morgan fingerprint density at radius 1 is 1.29 bits per heavy atom. The average molecular weight is 327 g/mol. The van der Waals surface area contributed by atoms with Gasteiger partial charge in [-0.3, -0.25) is 9.48 Å². The quantitative estimate of drug-likeness (QED) is 0.553. The first-order valence-corrected chi connectivity index (χ1v) is 8.24. The van der Waals surface area contributed by atoms with Crippen molar-refractivity contribution in [2.24, 2.45) is 0 Å². The summed E-state index contributed by atoms with van der Waals surface area (Å²) >= 11 is 0. The molecular formula is C16H21N7O. The number of hydrazine groups is 3. The Kier molecular flexibility index (Phi) is 4.26. The zero-order valence-corrected chi connectivity index (χ0v) is 13.3. The highest BCUT2D eigenvalue weighted by Gasteiger charge is 2.20. The number of nitrogens with zero attached hydrogens (tertiary/aromatic N) is 2. The first-order valence-electron chi connectivity index (χ1n) is 8.24. The highest BCUT2D eigenvalue weighted by molar-refractivity contribution is 5.95. The van der Waals surface area contributed by atoms with Crippen molar-refractivity contribution in [2.45, 2.75) is 38.5 Å². The second-order valence-corrected chi connectivity index (χ2v) is 6.08. The lowest BCUT2D eigenvalue weighted by Gasteiger charge is -2.15. The lowest BCUT2D eigenvalue weighted by molar-refractivity contribution is 0.0949. The maximum absolute atomic E-state index is 12.5. The number of carbonyl (C=O) groups excluding carboxylic acids is 1. The van der Waals surface area contributed by atoms with Crippen LogP contribution in [-0.2, 0) is 19.5 Å². The number of hydrogen-bond acceptors (Lipinski definition) is 6. The van der Waals surface area contributed by atoms with Gasteiger partial charge in [0, 0.05) is 13.1 Å². The van der Waals surface area contributed by atoms with Crippen LogP contribution >= 0.6 is 0 Å². The molecule has 0 atom stereocenters. The van der Waals surface area contributed by atoms with E-state index in [4.69, 9.17) is 0 Å². The maximum Gasteiger partial charge on any atom is 0.255 e. The summed E-state index contributed by atoms with van der Waals surface area (Å²) in [5.74, 6) is -0.0518. The Morgan fingerprint density at radius 2 is 2.17 bits per heavy atom. The van der Waals surface area contributed by atoms with Crippen LogP contribution in [0.15, 0.2) is 30.5 Å². The Hall–Kier alpha value is -2.26. The van der Waals surface area contributed by atoms with Gasteiger partial charge in [-0.15, -0.1) is 0 Å². The topological polar surface area (TPSA) is 95.0 Å². The van der Waals surface area contributed by atoms with Gasteiger partial charge < -0.3 is 5.32 Å². The molecule has 0 spiro atoms. The smallest absolute Gasteiger partial charge is 0.255 e. The fraction of sp³-hybridized carbons (Fsp3) is 0.375. The molecule has 24 heavy (non-hydrogen) atoms. The maximum atomic E-state index is 12.5. The molecule has 0 radical (unpaired) electrons. The fourth-order valence-electron chi connectivity index (χ4n) is 3.19. The molecule has 0 saturated carbocycles. The third-order valence-electron chi connectivity index (χ3n) is 4.46. The second kappa shape index (κ2) is 6.70. The fourth-order valence-corrected chi connectivity index (χ4v) is 3.19. The zero-order valence-electron chi connectivity index (χ0n) is 13.3. The van der Waals surface area contributed by atoms with Crippen LogP contribution in [0.5, 0.6) is 0 Å². The normalized spacial score (nSPS) is 17.7. The van der Waals surface area contributed by atoms with Gasteiger partial charge in [-0.25, -0.2) is 10.9 Å². The molecule has 1 saturated heterocycles. The first kappa shape index (κ1) is 15.3. The molecule has 126 valence electrons. The third-order valence-corrected chi connectivity index (χ3v) is 4.46. The summed E-state index contributed by atoms with van der Waals surface area (Å²) in [6, 6.07) is 8.08. The minimum absolute atomic E-state index is 0.0108. The number of benzene rings is 1. The number of aromatic nitrogens is 2. The molecule has 1 aromatic carbocycles. The molecule has 8 nitrogen and oxygen atoms in total. The zero-order chi connectivity index (χ0) is 16.4. The summed E-state index contributed by atoms with van der Waals surface area (Å²) < 4.78 is 1.95. The minimum Gasteiger partial charge on any atom is -0.348 e. The molecule has 2 aliphatic heterocycles. The van der Waals surface area contributed by atoms with Crippen molar-refractivity contribution in [2.75, 3.05) is 0 Å². The molecule has 2 aliphatic rings. The van der Waals surface area contributed by atoms with E-state index in [9.17, 15) is 4.79 Å². The number of carbonyl (C=O) groups is 1. The van der Waals surface area contributed by atoms with Crippen LogP contribution < -0.4 is 27.2 Å². The Bertz CT molecular complexity index is 736. The molecule has 1 amide bonds. The molecule has 0 unspecified atom stereocenters. The van der Waals surface area contributed by atoms with Crippen molar-refractivity contribution in [3.05, 3.63) is 52.8 Å². The van der Waals surface area contributed by atoms with E-state index in [1.807, 2.05) is 22.9 Å². The van der Waals surface area contributed by atoms with E-state index >= 15 is 0 Å². The van der Waals surface area contributed by atoms with Crippen molar-refractivity contribution in [3.63, 3.8) is 0 Å². The Balaban J connectivity index is 1.42. The molecule has 8 heteroatoms. The molecule has 5 N–H and O–H groups in total. The standard InChI is InChI=1S/C16H21N7O/c24-16(13-10-18-23-7-2-1-6-14(13)23)17-9-11-4-3-5-12(8-11)15-19-21-22-20-15/h3-5,8,10,15,19-22H,1-2,6-7,9H2,(H,17,24). The van der Waals surface area contributed by atoms with Crippen molar-refractivity contribution < 1.29 is 4.79 Å². The van der Waals surface area contributed by atoms with E-state index < -0.39 is 0 Å². The number of aryl methyl sites for hydroxylation is 1. The van der Waals surface area contributed by atoms with Gasteiger partial charge in [0.2, 0.25) is 0 Å². The molecule has 0 aliphatic carbocycles. The lowest BCUT2D eigenvalue weighted by atomic mass is 10.1. The summed E-state index contributed by atoms with van der Waals surface area (Å²) in [6.07, 6.45) is 4.86. The molecule has 1 aromatic heterocycles. The van der Waals surface area contributed by atoms with Crippen LogP contribution in [0.3, 0.4) is 0 Å². The monoisotopic (exact) mass is 327 g/mol. The van der Waals surface area contributed by atoms with E-state index in [1.165, 1.54) is 0 Å². The molecule has 3 heterocycles. The SMILES string of the molecule is O=C(NCc1cccc(C2NNNN2)c1)c1cnn2c1CCCC2. The van der Waals surface area contributed by atoms with E-state index in [0.29, 0.717) is 12.1 Å². The molecule has 1 fully saturated rings. The highest BCUT2D eigenvalue weighted by Crippen LogP contribution is 2.18. The average Bonchev–Trinajstić information content (AvgIpc) is 3.29. The van der Waals surface area contributed by atoms with Gasteiger partial charge in [-0.1, -0.05) is 24.3 Å². The summed E-state index contributed by atoms with van der Waals surface area (Å²) in [7, 11) is 0. The number of fused-ring (bicyclic) bond motifs is 1. The summed E-state index contributed by atoms with van der Waals surface area (Å²) in [5, 5.41) is 7.33. The summed E-state index contributed by atoms with van der Waals surface area (Å²) in [4.78, 5) is 12.5. The first-order chi connectivity index (χ1) is 11.8. The third kappa shape index (κ3) is 3.04. The van der Waals surface area contributed by atoms with Crippen LogP contribution in [0.2, 0.25) is 0 Å². The van der Waals surface area contributed by atoms with Crippen LogP contribution in [0.1, 0.15) is 46.2 Å². The van der Waals surface area contributed by atoms with E-state index in [-0.39, 0.29) is 12.1 Å². The van der Waals surface area contributed by atoms with Gasteiger partial charge in [0.25, 0.3) is 5.91 Å². The Labute approximate surface area is 139 Å². The minimum atomic E-state index is -0.0518. The predicted octanol–water partition coefficient (Wildman–Crippen LogP) is 0.265. The number of hydrogen-bond donors (Lipinski definition) is 5. The molecule has 4 rings (SSSR count). The lowest BCUT2D eigenvalue weighted by Crippen LogP contribution is -2.33.